The Balaban J connectivity index is 1.52. The lowest BCUT2D eigenvalue weighted by Gasteiger charge is -2.35. The molecule has 0 aromatic carbocycles. The zero-order valence-corrected chi connectivity index (χ0v) is 17.5. The maximum absolute atomic E-state index is 12.9. The number of hydrogen-bond acceptors (Lipinski definition) is 7. The number of aromatic nitrogens is 1. The first-order valence-electron chi connectivity index (χ1n) is 9.75. The van der Waals surface area contributed by atoms with E-state index in [4.69, 9.17) is 14.0 Å². The highest BCUT2D eigenvalue weighted by Gasteiger charge is 2.35. The van der Waals surface area contributed by atoms with Crippen LogP contribution in [0.15, 0.2) is 9.42 Å². The SMILES string of the molecule is Cc1noc(C)c1S(=O)(=O)N1CCN(C(=O)[C@H](C)OC[C@@H]2CCCCO2)CC1. The van der Waals surface area contributed by atoms with Crippen LogP contribution >= 0.6 is 0 Å². The van der Waals surface area contributed by atoms with E-state index in [-0.39, 0.29) is 35.8 Å². The van der Waals surface area contributed by atoms with E-state index in [2.05, 4.69) is 5.16 Å². The first-order chi connectivity index (χ1) is 13.3. The summed E-state index contributed by atoms with van der Waals surface area (Å²) in [6.45, 7) is 7.21. The Morgan fingerprint density at radius 3 is 2.54 bits per heavy atom. The minimum atomic E-state index is -3.68. The van der Waals surface area contributed by atoms with Gasteiger partial charge in [-0.15, -0.1) is 0 Å². The fourth-order valence-corrected chi connectivity index (χ4v) is 5.35. The molecule has 10 heteroatoms. The molecule has 2 saturated heterocycles. The molecule has 2 aliphatic rings. The van der Waals surface area contributed by atoms with Crippen molar-refractivity contribution in [3.05, 3.63) is 11.5 Å². The van der Waals surface area contributed by atoms with E-state index in [0.29, 0.717) is 25.4 Å². The third kappa shape index (κ3) is 4.56. The Labute approximate surface area is 166 Å². The summed E-state index contributed by atoms with van der Waals surface area (Å²) in [7, 11) is -3.68. The highest BCUT2D eigenvalue weighted by Crippen LogP contribution is 2.24. The molecule has 9 nitrogen and oxygen atoms in total. The minimum Gasteiger partial charge on any atom is -0.376 e. The molecule has 0 aliphatic carbocycles. The average Bonchev–Trinajstić information content (AvgIpc) is 3.05. The first-order valence-corrected chi connectivity index (χ1v) is 11.2. The highest BCUT2D eigenvalue weighted by atomic mass is 32.2. The molecule has 2 atom stereocenters. The van der Waals surface area contributed by atoms with Gasteiger partial charge in [0.25, 0.3) is 5.91 Å². The van der Waals surface area contributed by atoms with Crippen molar-refractivity contribution in [2.45, 2.75) is 57.1 Å². The van der Waals surface area contributed by atoms with E-state index in [9.17, 15) is 13.2 Å². The van der Waals surface area contributed by atoms with Crippen molar-refractivity contribution in [3.63, 3.8) is 0 Å². The predicted octanol–water partition coefficient (Wildman–Crippen LogP) is 1.10. The summed E-state index contributed by atoms with van der Waals surface area (Å²) in [4.78, 5) is 14.4. The molecule has 1 aromatic heterocycles. The summed E-state index contributed by atoms with van der Waals surface area (Å²) >= 11 is 0. The number of sulfonamides is 1. The van der Waals surface area contributed by atoms with Gasteiger partial charge in [-0.3, -0.25) is 4.79 Å². The molecule has 1 amide bonds. The second-order valence-electron chi connectivity index (χ2n) is 7.35. The Morgan fingerprint density at radius 2 is 1.96 bits per heavy atom. The monoisotopic (exact) mass is 415 g/mol. The molecule has 0 N–H and O–H groups in total. The molecule has 0 saturated carbocycles. The van der Waals surface area contributed by atoms with Gasteiger partial charge in [0.1, 0.15) is 16.7 Å². The standard InChI is InChI=1S/C18H29N3O6S/c1-13-17(14(2)27-19-13)28(23,24)21-9-7-20(8-10-21)18(22)15(3)26-12-16-6-4-5-11-25-16/h15-16H,4-12H2,1-3H3/t15-,16-/m0/s1. The molecule has 158 valence electrons. The maximum Gasteiger partial charge on any atom is 0.251 e. The lowest BCUT2D eigenvalue weighted by molar-refractivity contribution is -0.147. The summed E-state index contributed by atoms with van der Waals surface area (Å²) in [6, 6.07) is 0. The van der Waals surface area contributed by atoms with Gasteiger partial charge in [0.15, 0.2) is 5.76 Å². The Kier molecular flexibility index (Phi) is 6.74. The second-order valence-corrected chi connectivity index (χ2v) is 9.22. The van der Waals surface area contributed by atoms with Crippen LogP contribution in [0.5, 0.6) is 0 Å². The highest BCUT2D eigenvalue weighted by molar-refractivity contribution is 7.89. The zero-order chi connectivity index (χ0) is 20.3. The van der Waals surface area contributed by atoms with E-state index in [1.807, 2.05) is 0 Å². The molecular weight excluding hydrogens is 386 g/mol. The van der Waals surface area contributed by atoms with Crippen LogP contribution in [0.2, 0.25) is 0 Å². The van der Waals surface area contributed by atoms with Crippen LogP contribution in [-0.2, 0) is 24.3 Å². The lowest BCUT2D eigenvalue weighted by atomic mass is 10.1. The van der Waals surface area contributed by atoms with E-state index in [1.54, 1.807) is 25.7 Å². The van der Waals surface area contributed by atoms with Crippen LogP contribution in [0.1, 0.15) is 37.6 Å². The molecule has 0 spiro atoms. The summed E-state index contributed by atoms with van der Waals surface area (Å²) in [5.41, 5.74) is 0.350. The van der Waals surface area contributed by atoms with Crippen LogP contribution in [0.25, 0.3) is 0 Å². The number of carbonyl (C=O) groups is 1. The van der Waals surface area contributed by atoms with Gasteiger partial charge >= 0.3 is 0 Å². The van der Waals surface area contributed by atoms with E-state index >= 15 is 0 Å². The number of rotatable bonds is 6. The van der Waals surface area contributed by atoms with Gasteiger partial charge in [-0.2, -0.15) is 4.31 Å². The molecule has 1 aromatic rings. The van der Waals surface area contributed by atoms with E-state index < -0.39 is 16.1 Å². The second kappa shape index (κ2) is 8.89. The predicted molar refractivity (Wildman–Crippen MR) is 100 cm³/mol. The van der Waals surface area contributed by atoms with Gasteiger partial charge in [-0.05, 0) is 40.0 Å². The third-order valence-corrected chi connectivity index (χ3v) is 7.41. The summed E-state index contributed by atoms with van der Waals surface area (Å²) in [5, 5.41) is 3.73. The summed E-state index contributed by atoms with van der Waals surface area (Å²) in [5.74, 6) is 0.160. The normalized spacial score (nSPS) is 23.0. The lowest BCUT2D eigenvalue weighted by Crippen LogP contribution is -2.53. The average molecular weight is 416 g/mol. The van der Waals surface area contributed by atoms with Crippen LogP contribution in [0.3, 0.4) is 0 Å². The molecular formula is C18H29N3O6S. The third-order valence-electron chi connectivity index (χ3n) is 5.27. The van der Waals surface area contributed by atoms with Crippen LogP contribution in [-0.4, -0.2) is 80.3 Å². The maximum atomic E-state index is 12.9. The number of amides is 1. The summed E-state index contributed by atoms with van der Waals surface area (Å²) in [6.07, 6.45) is 2.64. The number of ether oxygens (including phenoxy) is 2. The van der Waals surface area contributed by atoms with Gasteiger partial charge in [-0.1, -0.05) is 5.16 Å². The van der Waals surface area contributed by atoms with E-state index in [0.717, 1.165) is 25.9 Å². The van der Waals surface area contributed by atoms with Gasteiger partial charge in [0.2, 0.25) is 10.0 Å². The molecule has 3 heterocycles. The largest absolute Gasteiger partial charge is 0.376 e. The Hall–Kier alpha value is -1.49. The molecule has 3 rings (SSSR count). The molecule has 2 fully saturated rings. The van der Waals surface area contributed by atoms with Crippen molar-refractivity contribution in [1.82, 2.24) is 14.4 Å². The van der Waals surface area contributed by atoms with Crippen molar-refractivity contribution in [1.29, 1.82) is 0 Å². The van der Waals surface area contributed by atoms with Crippen molar-refractivity contribution >= 4 is 15.9 Å². The number of carbonyl (C=O) groups excluding carboxylic acids is 1. The fourth-order valence-electron chi connectivity index (χ4n) is 3.64. The van der Waals surface area contributed by atoms with Gasteiger partial charge in [-0.25, -0.2) is 8.42 Å². The van der Waals surface area contributed by atoms with Crippen LogP contribution in [0, 0.1) is 13.8 Å². The smallest absolute Gasteiger partial charge is 0.251 e. The van der Waals surface area contributed by atoms with Crippen LogP contribution < -0.4 is 0 Å². The molecule has 28 heavy (non-hydrogen) atoms. The molecule has 0 unspecified atom stereocenters. The first kappa shape index (κ1) is 21.2. The van der Waals surface area contributed by atoms with Gasteiger partial charge < -0.3 is 18.9 Å². The molecule has 2 aliphatic heterocycles. The van der Waals surface area contributed by atoms with E-state index in [1.165, 1.54) is 4.31 Å². The van der Waals surface area contributed by atoms with Crippen molar-refractivity contribution < 1.29 is 27.2 Å². The number of piperazine rings is 1. The Morgan fingerprint density at radius 1 is 1.25 bits per heavy atom. The quantitative estimate of drug-likeness (QED) is 0.685. The van der Waals surface area contributed by atoms with Crippen molar-refractivity contribution in [3.8, 4) is 0 Å². The van der Waals surface area contributed by atoms with Crippen LogP contribution in [0.4, 0.5) is 0 Å². The number of hydrogen-bond donors (Lipinski definition) is 0. The fraction of sp³-hybridized carbons (Fsp3) is 0.778. The number of aryl methyl sites for hydroxylation is 2. The topological polar surface area (TPSA) is 102 Å². The Bertz CT molecular complexity index is 760. The summed E-state index contributed by atoms with van der Waals surface area (Å²) < 4.78 is 43.4. The van der Waals surface area contributed by atoms with Gasteiger partial charge in [0, 0.05) is 32.8 Å². The zero-order valence-electron chi connectivity index (χ0n) is 16.7. The van der Waals surface area contributed by atoms with Crippen molar-refractivity contribution in [2.75, 3.05) is 39.4 Å². The van der Waals surface area contributed by atoms with Gasteiger partial charge in [0.05, 0.1) is 12.7 Å². The molecule has 0 bridgehead atoms. The minimum absolute atomic E-state index is 0.0565. The number of nitrogens with zero attached hydrogens (tertiary/aromatic N) is 3. The van der Waals surface area contributed by atoms with Crippen molar-refractivity contribution in [2.24, 2.45) is 0 Å². The molecule has 0 radical (unpaired) electrons.